The largest absolute Gasteiger partial charge is 0.480 e. The van der Waals surface area contributed by atoms with Crippen LogP contribution in [0, 0.1) is 0 Å². The summed E-state index contributed by atoms with van der Waals surface area (Å²) < 4.78 is 52.5. The molecule has 8 heteroatoms. The van der Waals surface area contributed by atoms with E-state index in [9.17, 15) is 22.0 Å². The van der Waals surface area contributed by atoms with Gasteiger partial charge in [0.1, 0.15) is 6.54 Å². The first-order valence-corrected chi connectivity index (χ1v) is 7.93. The number of alkyl halides is 2. The Bertz CT molecular complexity index is 703. The summed E-state index contributed by atoms with van der Waals surface area (Å²) in [6.45, 7) is 2.41. The van der Waals surface area contributed by atoms with Crippen molar-refractivity contribution in [2.75, 3.05) is 13.1 Å². The molecule has 2 rings (SSSR count). The molecule has 1 fully saturated rings. The summed E-state index contributed by atoms with van der Waals surface area (Å²) in [5, 5.41) is 8.83. The monoisotopic (exact) mass is 331 g/mol. The van der Waals surface area contributed by atoms with E-state index in [-0.39, 0.29) is 17.0 Å². The zero-order valence-corrected chi connectivity index (χ0v) is 12.4. The van der Waals surface area contributed by atoms with Gasteiger partial charge in [-0.3, -0.25) is 4.79 Å². The van der Waals surface area contributed by atoms with Gasteiger partial charge < -0.3 is 5.11 Å². The zero-order valence-electron chi connectivity index (χ0n) is 11.6. The third kappa shape index (κ3) is 3.17. The van der Waals surface area contributed by atoms with Crippen LogP contribution >= 0.6 is 0 Å². The van der Waals surface area contributed by atoms with E-state index in [1.807, 2.05) is 0 Å². The second kappa shape index (κ2) is 5.77. The third-order valence-electron chi connectivity index (χ3n) is 3.38. The SMILES string of the molecule is C=CCN(CC(=O)O)S(=O)(=O)c1ccccc1C1CC1(F)F. The predicted molar refractivity (Wildman–Crippen MR) is 75.3 cm³/mol. The lowest BCUT2D eigenvalue weighted by Gasteiger charge is -2.20. The normalized spacial score (nSPS) is 19.9. The van der Waals surface area contributed by atoms with Crippen molar-refractivity contribution in [1.82, 2.24) is 4.31 Å². The van der Waals surface area contributed by atoms with Crippen LogP contribution in [0.4, 0.5) is 8.78 Å². The number of sulfonamides is 1. The molecule has 5 nitrogen and oxygen atoms in total. The Morgan fingerprint density at radius 3 is 2.55 bits per heavy atom. The van der Waals surface area contributed by atoms with E-state index >= 15 is 0 Å². The van der Waals surface area contributed by atoms with Crippen LogP contribution < -0.4 is 0 Å². The van der Waals surface area contributed by atoms with Gasteiger partial charge in [-0.2, -0.15) is 4.31 Å². The van der Waals surface area contributed by atoms with Gasteiger partial charge in [0.15, 0.2) is 0 Å². The lowest BCUT2D eigenvalue weighted by Crippen LogP contribution is -2.36. The molecule has 1 aromatic rings. The van der Waals surface area contributed by atoms with Gasteiger partial charge in [-0.05, 0) is 11.6 Å². The van der Waals surface area contributed by atoms with Crippen LogP contribution in [-0.4, -0.2) is 42.8 Å². The van der Waals surface area contributed by atoms with Crippen LogP contribution in [0.2, 0.25) is 0 Å². The molecule has 120 valence electrons. The van der Waals surface area contributed by atoms with E-state index in [0.717, 1.165) is 0 Å². The fraction of sp³-hybridized carbons (Fsp3) is 0.357. The van der Waals surface area contributed by atoms with Crippen molar-refractivity contribution in [3.63, 3.8) is 0 Å². The van der Waals surface area contributed by atoms with E-state index in [4.69, 9.17) is 5.11 Å². The summed E-state index contributed by atoms with van der Waals surface area (Å²) in [4.78, 5) is 10.6. The van der Waals surface area contributed by atoms with Crippen molar-refractivity contribution in [3.05, 3.63) is 42.5 Å². The maximum atomic E-state index is 13.3. The zero-order chi connectivity index (χ0) is 16.5. The van der Waals surface area contributed by atoms with Crippen LogP contribution in [0.15, 0.2) is 41.8 Å². The van der Waals surface area contributed by atoms with E-state index in [2.05, 4.69) is 6.58 Å². The number of carboxylic acid groups (broad SMARTS) is 1. The lowest BCUT2D eigenvalue weighted by molar-refractivity contribution is -0.137. The Labute approximate surface area is 126 Å². The molecule has 1 atom stereocenters. The van der Waals surface area contributed by atoms with Gasteiger partial charge in [-0.1, -0.05) is 24.3 Å². The minimum atomic E-state index is -4.20. The van der Waals surface area contributed by atoms with Gasteiger partial charge in [0, 0.05) is 13.0 Å². The van der Waals surface area contributed by atoms with Crippen molar-refractivity contribution in [2.45, 2.75) is 23.2 Å². The highest BCUT2D eigenvalue weighted by Crippen LogP contribution is 2.57. The Kier molecular flexibility index (Phi) is 4.35. The van der Waals surface area contributed by atoms with E-state index in [1.54, 1.807) is 0 Å². The summed E-state index contributed by atoms with van der Waals surface area (Å²) in [5.41, 5.74) is 0.0203. The van der Waals surface area contributed by atoms with E-state index in [1.165, 1.54) is 30.3 Å². The van der Waals surface area contributed by atoms with Crippen molar-refractivity contribution in [2.24, 2.45) is 0 Å². The lowest BCUT2D eigenvalue weighted by atomic mass is 10.1. The van der Waals surface area contributed by atoms with Gasteiger partial charge in [0.05, 0.1) is 10.8 Å². The molecule has 0 bridgehead atoms. The maximum absolute atomic E-state index is 13.3. The van der Waals surface area contributed by atoms with E-state index in [0.29, 0.717) is 4.31 Å². The van der Waals surface area contributed by atoms with Crippen LogP contribution in [0.25, 0.3) is 0 Å². The van der Waals surface area contributed by atoms with Crippen LogP contribution in [0.3, 0.4) is 0 Å². The van der Waals surface area contributed by atoms with Crippen LogP contribution in [0.5, 0.6) is 0 Å². The van der Waals surface area contributed by atoms with Gasteiger partial charge in [0.2, 0.25) is 10.0 Å². The number of rotatable bonds is 7. The molecule has 1 aliphatic carbocycles. The Balaban J connectivity index is 2.44. The number of carbonyl (C=O) groups is 1. The maximum Gasteiger partial charge on any atom is 0.318 e. The molecule has 1 aromatic carbocycles. The van der Waals surface area contributed by atoms with Gasteiger partial charge >= 0.3 is 5.97 Å². The molecule has 0 heterocycles. The quantitative estimate of drug-likeness (QED) is 0.776. The molecular weight excluding hydrogens is 316 g/mol. The number of nitrogens with zero attached hydrogens (tertiary/aromatic N) is 1. The van der Waals surface area contributed by atoms with Crippen molar-refractivity contribution in [1.29, 1.82) is 0 Å². The Morgan fingerprint density at radius 2 is 2.05 bits per heavy atom. The summed E-state index contributed by atoms with van der Waals surface area (Å²) in [5.74, 6) is -5.39. The summed E-state index contributed by atoms with van der Waals surface area (Å²) in [6.07, 6.45) is 0.842. The first-order valence-electron chi connectivity index (χ1n) is 6.49. The van der Waals surface area contributed by atoms with E-state index < -0.39 is 40.8 Å². The molecule has 1 N–H and O–H groups in total. The topological polar surface area (TPSA) is 74.7 Å². The van der Waals surface area contributed by atoms with Gasteiger partial charge in [-0.25, -0.2) is 17.2 Å². The summed E-state index contributed by atoms with van der Waals surface area (Å²) >= 11 is 0. The standard InChI is InChI=1S/C14H15F2NO4S/c1-2-7-17(9-13(18)19)22(20,21)12-6-4-3-5-10(12)11-8-14(11,15)16/h2-6,11H,1,7-9H2,(H,18,19). The number of hydrogen-bond donors (Lipinski definition) is 1. The molecule has 1 saturated carbocycles. The molecule has 0 amide bonds. The smallest absolute Gasteiger partial charge is 0.318 e. The molecule has 0 radical (unpaired) electrons. The average Bonchev–Trinajstić information content (AvgIpc) is 3.06. The van der Waals surface area contributed by atoms with Crippen molar-refractivity contribution < 1.29 is 27.1 Å². The predicted octanol–water partition coefficient (Wildman–Crippen LogP) is 2.07. The molecule has 0 aromatic heterocycles. The Hall–Kier alpha value is -1.80. The molecule has 0 aliphatic heterocycles. The molecule has 0 spiro atoms. The molecule has 0 saturated heterocycles. The highest BCUT2D eigenvalue weighted by atomic mass is 32.2. The second-order valence-electron chi connectivity index (χ2n) is 5.04. The highest BCUT2D eigenvalue weighted by molar-refractivity contribution is 7.89. The number of carboxylic acids is 1. The van der Waals surface area contributed by atoms with Crippen molar-refractivity contribution >= 4 is 16.0 Å². The average molecular weight is 331 g/mol. The van der Waals surface area contributed by atoms with Gasteiger partial charge in [-0.15, -0.1) is 6.58 Å². The molecule has 1 aliphatic rings. The Morgan fingerprint density at radius 1 is 1.45 bits per heavy atom. The number of halogens is 2. The second-order valence-corrected chi connectivity index (χ2v) is 6.94. The van der Waals surface area contributed by atoms with Gasteiger partial charge in [0.25, 0.3) is 5.92 Å². The van der Waals surface area contributed by atoms with Crippen LogP contribution in [-0.2, 0) is 14.8 Å². The molecule has 1 unspecified atom stereocenters. The molecular formula is C14H15F2NO4S. The minimum Gasteiger partial charge on any atom is -0.480 e. The fourth-order valence-electron chi connectivity index (χ4n) is 2.24. The summed E-state index contributed by atoms with van der Waals surface area (Å²) in [6, 6.07) is 5.46. The van der Waals surface area contributed by atoms with Crippen molar-refractivity contribution in [3.8, 4) is 0 Å². The number of aliphatic carboxylic acids is 1. The first kappa shape index (κ1) is 16.6. The number of benzene rings is 1. The third-order valence-corrected chi connectivity index (χ3v) is 5.27. The number of hydrogen-bond acceptors (Lipinski definition) is 3. The minimum absolute atomic E-state index is 0.0203. The van der Waals surface area contributed by atoms with Crippen LogP contribution in [0.1, 0.15) is 17.9 Å². The molecule has 22 heavy (non-hydrogen) atoms. The fourth-order valence-corrected chi connectivity index (χ4v) is 3.85. The summed E-state index contributed by atoms with van der Waals surface area (Å²) in [7, 11) is -4.20. The first-order chi connectivity index (χ1) is 10.2. The highest BCUT2D eigenvalue weighted by Gasteiger charge is 2.58.